The molecule has 1 aromatic rings. The predicted molar refractivity (Wildman–Crippen MR) is 98.4 cm³/mol. The van der Waals surface area contributed by atoms with E-state index < -0.39 is 0 Å². The van der Waals surface area contributed by atoms with Gasteiger partial charge < -0.3 is 25.0 Å². The number of methoxy groups -OCH3 is 1. The van der Waals surface area contributed by atoms with E-state index in [0.717, 1.165) is 37.7 Å². The SMILES string of the molecule is COCCNCC(=O)NCc1ccc(N2CCOCC2)nc1.Cl.Cl. The third-order valence-corrected chi connectivity index (χ3v) is 3.40. The van der Waals surface area contributed by atoms with Crippen LogP contribution in [0.3, 0.4) is 0 Å². The zero-order chi connectivity index (χ0) is 15.6. The van der Waals surface area contributed by atoms with Crippen LogP contribution < -0.4 is 15.5 Å². The Balaban J connectivity index is 0.00000264. The van der Waals surface area contributed by atoms with Gasteiger partial charge in [0.2, 0.25) is 5.91 Å². The number of rotatable bonds is 8. The van der Waals surface area contributed by atoms with E-state index in [1.165, 1.54) is 0 Å². The van der Waals surface area contributed by atoms with Crippen molar-refractivity contribution in [1.29, 1.82) is 0 Å². The summed E-state index contributed by atoms with van der Waals surface area (Å²) in [4.78, 5) is 18.3. The maximum absolute atomic E-state index is 11.6. The molecule has 1 aliphatic rings. The fraction of sp³-hybridized carbons (Fsp3) is 0.600. The molecule has 0 radical (unpaired) electrons. The number of anilines is 1. The summed E-state index contributed by atoms with van der Waals surface area (Å²) in [5, 5.41) is 5.86. The molecule has 1 fully saturated rings. The van der Waals surface area contributed by atoms with Crippen molar-refractivity contribution in [3.63, 3.8) is 0 Å². The van der Waals surface area contributed by atoms with E-state index in [1.54, 1.807) is 7.11 Å². The lowest BCUT2D eigenvalue weighted by molar-refractivity contribution is -0.120. The Morgan fingerprint density at radius 2 is 2.08 bits per heavy atom. The van der Waals surface area contributed by atoms with Gasteiger partial charge in [-0.3, -0.25) is 4.79 Å². The van der Waals surface area contributed by atoms with Crippen molar-refractivity contribution in [3.8, 4) is 0 Å². The van der Waals surface area contributed by atoms with Crippen molar-refractivity contribution in [3.05, 3.63) is 23.9 Å². The van der Waals surface area contributed by atoms with Gasteiger partial charge in [0.25, 0.3) is 0 Å². The van der Waals surface area contributed by atoms with Crippen LogP contribution in [-0.4, -0.2) is 64.0 Å². The van der Waals surface area contributed by atoms with E-state index in [2.05, 4.69) is 20.5 Å². The van der Waals surface area contributed by atoms with Gasteiger partial charge in [0.1, 0.15) is 5.82 Å². The van der Waals surface area contributed by atoms with Gasteiger partial charge in [0.15, 0.2) is 0 Å². The first-order valence-electron chi connectivity index (χ1n) is 7.53. The monoisotopic (exact) mass is 380 g/mol. The molecule has 1 saturated heterocycles. The second-order valence-electron chi connectivity index (χ2n) is 5.07. The summed E-state index contributed by atoms with van der Waals surface area (Å²) >= 11 is 0. The molecule has 2 heterocycles. The Kier molecular flexibility index (Phi) is 12.6. The van der Waals surface area contributed by atoms with Crippen LogP contribution in [0.1, 0.15) is 5.56 Å². The summed E-state index contributed by atoms with van der Waals surface area (Å²) in [7, 11) is 1.63. The third kappa shape index (κ3) is 8.12. The van der Waals surface area contributed by atoms with Crippen LogP contribution in [-0.2, 0) is 20.8 Å². The minimum atomic E-state index is -0.0339. The van der Waals surface area contributed by atoms with Crippen LogP contribution >= 0.6 is 24.8 Å². The fourth-order valence-corrected chi connectivity index (χ4v) is 2.14. The number of pyridine rings is 1. The van der Waals surface area contributed by atoms with Crippen LogP contribution in [0, 0.1) is 0 Å². The molecule has 7 nitrogen and oxygen atoms in total. The zero-order valence-electron chi connectivity index (χ0n) is 13.8. The smallest absolute Gasteiger partial charge is 0.234 e. The first kappa shape index (κ1) is 22.9. The van der Waals surface area contributed by atoms with Crippen LogP contribution in [0.15, 0.2) is 18.3 Å². The van der Waals surface area contributed by atoms with Crippen molar-refractivity contribution in [2.45, 2.75) is 6.54 Å². The average Bonchev–Trinajstić information content (AvgIpc) is 2.58. The standard InChI is InChI=1S/C15H24N4O3.2ClH/c1-21-7-4-16-12-15(20)18-11-13-2-3-14(17-10-13)19-5-8-22-9-6-19;;/h2-3,10,16H,4-9,11-12H2,1H3,(H,18,20);2*1H. The first-order chi connectivity index (χ1) is 10.8. The summed E-state index contributed by atoms with van der Waals surface area (Å²) in [5.74, 6) is 0.924. The predicted octanol–water partition coefficient (Wildman–Crippen LogP) is 0.614. The lowest BCUT2D eigenvalue weighted by Gasteiger charge is -2.27. The molecule has 2 rings (SSSR count). The van der Waals surface area contributed by atoms with E-state index >= 15 is 0 Å². The highest BCUT2D eigenvalue weighted by molar-refractivity contribution is 5.85. The van der Waals surface area contributed by atoms with Gasteiger partial charge in [-0.25, -0.2) is 4.98 Å². The number of morpholine rings is 1. The lowest BCUT2D eigenvalue weighted by atomic mass is 10.2. The minimum absolute atomic E-state index is 0. The molecule has 0 unspecified atom stereocenters. The Morgan fingerprint density at radius 3 is 2.71 bits per heavy atom. The highest BCUT2D eigenvalue weighted by Gasteiger charge is 2.11. The van der Waals surface area contributed by atoms with E-state index in [1.807, 2.05) is 18.3 Å². The van der Waals surface area contributed by atoms with E-state index in [4.69, 9.17) is 9.47 Å². The van der Waals surface area contributed by atoms with Crippen molar-refractivity contribution >= 4 is 36.5 Å². The Labute approximate surface area is 155 Å². The van der Waals surface area contributed by atoms with E-state index in [-0.39, 0.29) is 30.7 Å². The Hall–Kier alpha value is -1.12. The van der Waals surface area contributed by atoms with Gasteiger partial charge in [-0.05, 0) is 11.6 Å². The van der Waals surface area contributed by atoms with Crippen LogP contribution in [0.4, 0.5) is 5.82 Å². The van der Waals surface area contributed by atoms with Crippen molar-refractivity contribution in [1.82, 2.24) is 15.6 Å². The number of halogens is 2. The Bertz CT molecular complexity index is 457. The van der Waals surface area contributed by atoms with Gasteiger partial charge in [0.05, 0.1) is 26.4 Å². The molecule has 0 bridgehead atoms. The number of nitrogens with one attached hydrogen (secondary N) is 2. The topological polar surface area (TPSA) is 75.7 Å². The molecule has 24 heavy (non-hydrogen) atoms. The number of carbonyl (C=O) groups is 1. The van der Waals surface area contributed by atoms with Crippen molar-refractivity contribution < 1.29 is 14.3 Å². The summed E-state index contributed by atoms with van der Waals surface area (Å²) in [6, 6.07) is 3.99. The second kappa shape index (κ2) is 13.2. The Morgan fingerprint density at radius 1 is 1.33 bits per heavy atom. The second-order valence-corrected chi connectivity index (χ2v) is 5.07. The summed E-state index contributed by atoms with van der Waals surface area (Å²) < 4.78 is 10.2. The molecule has 1 amide bonds. The fourth-order valence-electron chi connectivity index (χ4n) is 2.14. The summed E-state index contributed by atoms with van der Waals surface area (Å²) in [5.41, 5.74) is 0.988. The molecule has 1 aromatic heterocycles. The first-order valence-corrected chi connectivity index (χ1v) is 7.53. The van der Waals surface area contributed by atoms with E-state index in [0.29, 0.717) is 26.2 Å². The molecule has 0 aliphatic carbocycles. The number of aromatic nitrogens is 1. The minimum Gasteiger partial charge on any atom is -0.383 e. The molecular weight excluding hydrogens is 355 g/mol. The average molecular weight is 381 g/mol. The molecule has 138 valence electrons. The quantitative estimate of drug-likeness (QED) is 0.643. The number of carbonyl (C=O) groups excluding carboxylic acids is 1. The summed E-state index contributed by atoms with van der Waals surface area (Å²) in [6.45, 7) is 5.28. The molecule has 0 saturated carbocycles. The molecule has 0 spiro atoms. The maximum Gasteiger partial charge on any atom is 0.234 e. The largest absolute Gasteiger partial charge is 0.383 e. The van der Waals surface area contributed by atoms with Crippen LogP contribution in [0.25, 0.3) is 0 Å². The third-order valence-electron chi connectivity index (χ3n) is 3.40. The molecule has 1 aliphatic heterocycles. The van der Waals surface area contributed by atoms with Crippen molar-refractivity contribution in [2.24, 2.45) is 0 Å². The van der Waals surface area contributed by atoms with Gasteiger partial charge in [-0.15, -0.1) is 24.8 Å². The van der Waals surface area contributed by atoms with Crippen LogP contribution in [0.5, 0.6) is 0 Å². The van der Waals surface area contributed by atoms with Crippen molar-refractivity contribution in [2.75, 3.05) is 58.0 Å². The molecule has 9 heteroatoms. The lowest BCUT2D eigenvalue weighted by Crippen LogP contribution is -2.36. The van der Waals surface area contributed by atoms with Gasteiger partial charge in [-0.1, -0.05) is 6.07 Å². The zero-order valence-corrected chi connectivity index (χ0v) is 15.5. The number of ether oxygens (including phenoxy) is 2. The maximum atomic E-state index is 11.6. The molecule has 0 aromatic carbocycles. The number of hydrogen-bond acceptors (Lipinski definition) is 6. The molecule has 2 N–H and O–H groups in total. The highest BCUT2D eigenvalue weighted by Crippen LogP contribution is 2.12. The number of hydrogen-bond donors (Lipinski definition) is 2. The van der Waals surface area contributed by atoms with Gasteiger partial charge in [-0.2, -0.15) is 0 Å². The summed E-state index contributed by atoms with van der Waals surface area (Å²) in [6.07, 6.45) is 1.81. The van der Waals surface area contributed by atoms with Crippen LogP contribution in [0.2, 0.25) is 0 Å². The highest BCUT2D eigenvalue weighted by atomic mass is 35.5. The number of nitrogens with zero attached hydrogens (tertiary/aromatic N) is 2. The van der Waals surface area contributed by atoms with Gasteiger partial charge in [0, 0.05) is 39.5 Å². The van der Waals surface area contributed by atoms with E-state index in [9.17, 15) is 4.79 Å². The molecular formula is C15H26Cl2N4O3. The normalized spacial score (nSPS) is 13.6. The molecule has 0 atom stereocenters. The van der Waals surface area contributed by atoms with Gasteiger partial charge >= 0.3 is 0 Å². The number of amides is 1.